The number of halogens is 1. The van der Waals surface area contributed by atoms with Gasteiger partial charge in [0.25, 0.3) is 0 Å². The molecule has 1 aromatic carbocycles. The van der Waals surface area contributed by atoms with E-state index in [2.05, 4.69) is 17.6 Å². The highest BCUT2D eigenvalue weighted by Gasteiger charge is 2.29. The van der Waals surface area contributed by atoms with Gasteiger partial charge in [0.05, 0.1) is 12.5 Å². The van der Waals surface area contributed by atoms with Gasteiger partial charge in [0, 0.05) is 11.6 Å². The molecule has 3 unspecified atom stereocenters. The molecular weight excluding hydrogens is 300 g/mol. The molecule has 2 N–H and O–H groups in total. The molecule has 0 aliphatic carbocycles. The van der Waals surface area contributed by atoms with Crippen molar-refractivity contribution in [1.29, 1.82) is 0 Å². The summed E-state index contributed by atoms with van der Waals surface area (Å²) in [7, 11) is 0. The second kappa shape index (κ2) is 7.84. The molecule has 0 saturated carbocycles. The highest BCUT2D eigenvalue weighted by molar-refractivity contribution is 5.85. The second-order valence-corrected chi connectivity index (χ2v) is 6.13. The Hall–Kier alpha value is -1.26. The molecule has 1 saturated heterocycles. The van der Waals surface area contributed by atoms with E-state index in [0.29, 0.717) is 12.5 Å². The summed E-state index contributed by atoms with van der Waals surface area (Å²) in [6.07, 6.45) is 3.16. The molecule has 2 aliphatic rings. The molecule has 2 aliphatic heterocycles. The van der Waals surface area contributed by atoms with Crippen molar-refractivity contribution in [3.05, 3.63) is 29.8 Å². The lowest BCUT2D eigenvalue weighted by Crippen LogP contribution is -2.46. The van der Waals surface area contributed by atoms with Gasteiger partial charge in [-0.25, -0.2) is 0 Å². The van der Waals surface area contributed by atoms with Crippen molar-refractivity contribution < 1.29 is 9.53 Å². The molecule has 122 valence electrons. The van der Waals surface area contributed by atoms with Crippen LogP contribution in [0, 0.1) is 5.92 Å². The minimum absolute atomic E-state index is 0. The predicted molar refractivity (Wildman–Crippen MR) is 89.7 cm³/mol. The van der Waals surface area contributed by atoms with Crippen LogP contribution < -0.4 is 15.4 Å². The Labute approximate surface area is 138 Å². The van der Waals surface area contributed by atoms with E-state index in [0.717, 1.165) is 30.8 Å². The first kappa shape index (κ1) is 17.1. The molecule has 0 spiro atoms. The van der Waals surface area contributed by atoms with Crippen molar-refractivity contribution in [3.8, 4) is 5.75 Å². The summed E-state index contributed by atoms with van der Waals surface area (Å²) in [5.41, 5.74) is 1.02. The van der Waals surface area contributed by atoms with Gasteiger partial charge in [-0.05, 0) is 51.3 Å². The van der Waals surface area contributed by atoms with Gasteiger partial charge in [0.15, 0.2) is 0 Å². The minimum Gasteiger partial charge on any atom is -0.493 e. The molecule has 0 bridgehead atoms. The highest BCUT2D eigenvalue weighted by Crippen LogP contribution is 2.33. The van der Waals surface area contributed by atoms with Crippen LogP contribution in [0.3, 0.4) is 0 Å². The maximum absolute atomic E-state index is 12.6. The zero-order chi connectivity index (χ0) is 14.7. The van der Waals surface area contributed by atoms with Crippen LogP contribution in [0.25, 0.3) is 0 Å². The number of rotatable bonds is 3. The van der Waals surface area contributed by atoms with Gasteiger partial charge in [-0.2, -0.15) is 0 Å². The van der Waals surface area contributed by atoms with Crippen LogP contribution in [0.15, 0.2) is 24.3 Å². The second-order valence-electron chi connectivity index (χ2n) is 6.13. The monoisotopic (exact) mass is 324 g/mol. The van der Waals surface area contributed by atoms with Gasteiger partial charge in [0.1, 0.15) is 5.75 Å². The number of benzene rings is 1. The molecule has 5 heteroatoms. The van der Waals surface area contributed by atoms with Crippen LogP contribution in [0.5, 0.6) is 5.75 Å². The Bertz CT molecular complexity index is 503. The lowest BCUT2D eigenvalue weighted by Gasteiger charge is -2.31. The number of carbonyl (C=O) groups excluding carboxylic acids is 1. The molecule has 0 radical (unpaired) electrons. The molecule has 3 rings (SSSR count). The third-order valence-electron chi connectivity index (χ3n) is 4.69. The molecule has 0 aromatic heterocycles. The summed E-state index contributed by atoms with van der Waals surface area (Å²) >= 11 is 0. The first-order chi connectivity index (χ1) is 10.3. The summed E-state index contributed by atoms with van der Waals surface area (Å²) in [4.78, 5) is 12.6. The van der Waals surface area contributed by atoms with Gasteiger partial charge in [-0.1, -0.05) is 18.2 Å². The van der Waals surface area contributed by atoms with Crippen LogP contribution in [0.4, 0.5) is 0 Å². The van der Waals surface area contributed by atoms with Crippen LogP contribution in [-0.4, -0.2) is 31.6 Å². The third kappa shape index (κ3) is 3.73. The first-order valence-electron chi connectivity index (χ1n) is 7.98. The molecule has 1 amide bonds. The zero-order valence-electron chi connectivity index (χ0n) is 13.0. The SMILES string of the molecule is CC(NC(=O)C1CCOc2ccccc21)C1CCCNC1.Cl. The number of amides is 1. The predicted octanol–water partition coefficient (Wildman–Crippen LogP) is 2.48. The Morgan fingerprint density at radius 2 is 2.18 bits per heavy atom. The van der Waals surface area contributed by atoms with Crippen LogP contribution >= 0.6 is 12.4 Å². The quantitative estimate of drug-likeness (QED) is 0.898. The number of hydrogen-bond acceptors (Lipinski definition) is 3. The van der Waals surface area contributed by atoms with E-state index < -0.39 is 0 Å². The van der Waals surface area contributed by atoms with Crippen LogP contribution in [0.2, 0.25) is 0 Å². The Morgan fingerprint density at radius 3 is 2.95 bits per heavy atom. The number of piperidine rings is 1. The molecule has 3 atom stereocenters. The topological polar surface area (TPSA) is 50.4 Å². The molecule has 2 heterocycles. The maximum Gasteiger partial charge on any atom is 0.228 e. The minimum atomic E-state index is -0.0750. The summed E-state index contributed by atoms with van der Waals surface area (Å²) in [6, 6.07) is 8.10. The maximum atomic E-state index is 12.6. The van der Waals surface area contributed by atoms with Crippen LogP contribution in [-0.2, 0) is 4.79 Å². The lowest BCUT2D eigenvalue weighted by atomic mass is 9.89. The van der Waals surface area contributed by atoms with Gasteiger partial charge in [-0.3, -0.25) is 4.79 Å². The van der Waals surface area contributed by atoms with Gasteiger partial charge in [0.2, 0.25) is 5.91 Å². The van der Waals surface area contributed by atoms with Crippen molar-refractivity contribution >= 4 is 18.3 Å². The molecular formula is C17H25ClN2O2. The first-order valence-corrected chi connectivity index (χ1v) is 7.98. The van der Waals surface area contributed by atoms with E-state index in [-0.39, 0.29) is 30.3 Å². The third-order valence-corrected chi connectivity index (χ3v) is 4.69. The van der Waals surface area contributed by atoms with Crippen molar-refractivity contribution in [2.45, 2.75) is 38.1 Å². The summed E-state index contributed by atoms with van der Waals surface area (Å²) in [6.45, 7) is 4.85. The normalized spacial score (nSPS) is 25.1. The summed E-state index contributed by atoms with van der Waals surface area (Å²) in [5, 5.41) is 6.64. The Morgan fingerprint density at radius 1 is 1.36 bits per heavy atom. The largest absolute Gasteiger partial charge is 0.493 e. The lowest BCUT2D eigenvalue weighted by molar-refractivity contribution is -0.124. The van der Waals surface area contributed by atoms with Crippen molar-refractivity contribution in [2.75, 3.05) is 19.7 Å². The molecule has 1 aromatic rings. The van der Waals surface area contributed by atoms with E-state index in [1.165, 1.54) is 12.8 Å². The van der Waals surface area contributed by atoms with Crippen molar-refractivity contribution in [1.82, 2.24) is 10.6 Å². The average Bonchev–Trinajstić information content (AvgIpc) is 2.55. The zero-order valence-corrected chi connectivity index (χ0v) is 13.8. The highest BCUT2D eigenvalue weighted by atomic mass is 35.5. The van der Waals surface area contributed by atoms with E-state index in [4.69, 9.17) is 4.74 Å². The molecule has 1 fully saturated rings. The summed E-state index contributed by atoms with van der Waals surface area (Å²) in [5.74, 6) is 1.46. The Kier molecular flexibility index (Phi) is 6.09. The number of carbonyl (C=O) groups is 1. The van der Waals surface area contributed by atoms with E-state index in [1.54, 1.807) is 0 Å². The standard InChI is InChI=1S/C17H24N2O2.ClH/c1-12(13-5-4-9-18-11-13)19-17(20)15-8-10-21-16-7-3-2-6-14(15)16;/h2-3,6-7,12-13,15,18H,4-5,8-11H2,1H3,(H,19,20);1H. The number of ether oxygens (including phenoxy) is 1. The Balaban J connectivity index is 0.00000176. The fourth-order valence-electron chi connectivity index (χ4n) is 3.36. The number of para-hydroxylation sites is 1. The smallest absolute Gasteiger partial charge is 0.228 e. The van der Waals surface area contributed by atoms with Gasteiger partial charge < -0.3 is 15.4 Å². The fourth-order valence-corrected chi connectivity index (χ4v) is 3.36. The molecule has 22 heavy (non-hydrogen) atoms. The molecule has 4 nitrogen and oxygen atoms in total. The number of fused-ring (bicyclic) bond motifs is 1. The van der Waals surface area contributed by atoms with Crippen molar-refractivity contribution in [3.63, 3.8) is 0 Å². The van der Waals surface area contributed by atoms with E-state index >= 15 is 0 Å². The van der Waals surface area contributed by atoms with Gasteiger partial charge in [-0.15, -0.1) is 12.4 Å². The summed E-state index contributed by atoms with van der Waals surface area (Å²) < 4.78 is 5.64. The van der Waals surface area contributed by atoms with E-state index in [9.17, 15) is 4.79 Å². The average molecular weight is 325 g/mol. The number of nitrogens with one attached hydrogen (secondary N) is 2. The van der Waals surface area contributed by atoms with E-state index in [1.807, 2.05) is 24.3 Å². The van der Waals surface area contributed by atoms with Crippen molar-refractivity contribution in [2.24, 2.45) is 5.92 Å². The van der Waals surface area contributed by atoms with Gasteiger partial charge >= 0.3 is 0 Å². The number of hydrogen-bond donors (Lipinski definition) is 2. The fraction of sp³-hybridized carbons (Fsp3) is 0.588. The van der Waals surface area contributed by atoms with Crippen LogP contribution in [0.1, 0.15) is 37.7 Å².